The fourth-order valence-corrected chi connectivity index (χ4v) is 5.81. The molecular weight excluding hydrogens is 390 g/mol. The van der Waals surface area contributed by atoms with E-state index in [1.807, 2.05) is 31.2 Å². The molecule has 3 aliphatic rings. The number of hydrogen-bond acceptors (Lipinski definition) is 2. The summed E-state index contributed by atoms with van der Waals surface area (Å²) >= 11 is 3.49. The number of fused-ring (bicyclic) bond motifs is 5. The smallest absolute Gasteiger partial charge is 0.237 e. The lowest BCUT2D eigenvalue weighted by Crippen LogP contribution is -2.33. The van der Waals surface area contributed by atoms with Crippen LogP contribution in [-0.4, -0.2) is 11.8 Å². The van der Waals surface area contributed by atoms with E-state index in [1.165, 1.54) is 10.5 Å². The number of nitrogens with zero attached hydrogens (tertiary/aromatic N) is 1. The van der Waals surface area contributed by atoms with Crippen molar-refractivity contribution in [3.05, 3.63) is 64.1 Å². The van der Waals surface area contributed by atoms with Crippen molar-refractivity contribution in [2.45, 2.75) is 25.7 Å². The standard InChI is InChI=1S/C22H20BrNO2/c1-12-9-15(7-8-18(12)23)24-21(25)19-14-10-16(13-5-3-2-4-6-13)17(11-14)20(19)22(24)26/h2-9,14,16-17,19-20H,10-11H2,1H3/t14-,16+,17-,19-,20+/m1/s1. The van der Waals surface area contributed by atoms with Gasteiger partial charge >= 0.3 is 0 Å². The molecule has 1 aliphatic heterocycles. The van der Waals surface area contributed by atoms with Crippen LogP contribution in [0.5, 0.6) is 0 Å². The number of carbonyl (C=O) groups is 2. The van der Waals surface area contributed by atoms with Crippen molar-refractivity contribution < 1.29 is 9.59 Å². The van der Waals surface area contributed by atoms with E-state index < -0.39 is 0 Å². The zero-order valence-electron chi connectivity index (χ0n) is 14.6. The van der Waals surface area contributed by atoms with Crippen LogP contribution < -0.4 is 4.90 Å². The molecule has 5 atom stereocenters. The predicted octanol–water partition coefficient (Wildman–Crippen LogP) is 4.69. The van der Waals surface area contributed by atoms with Gasteiger partial charge in [0.15, 0.2) is 0 Å². The molecule has 2 bridgehead atoms. The minimum Gasteiger partial charge on any atom is -0.274 e. The summed E-state index contributed by atoms with van der Waals surface area (Å²) in [7, 11) is 0. The van der Waals surface area contributed by atoms with Crippen LogP contribution in [0.15, 0.2) is 53.0 Å². The van der Waals surface area contributed by atoms with Gasteiger partial charge in [-0.1, -0.05) is 46.3 Å². The normalized spacial score (nSPS) is 32.4. The molecule has 0 spiro atoms. The summed E-state index contributed by atoms with van der Waals surface area (Å²) in [5.41, 5.74) is 3.06. The van der Waals surface area contributed by atoms with Gasteiger partial charge in [0.25, 0.3) is 0 Å². The average molecular weight is 410 g/mol. The van der Waals surface area contributed by atoms with Gasteiger partial charge in [-0.25, -0.2) is 0 Å². The lowest BCUT2D eigenvalue weighted by molar-refractivity contribution is -0.123. The molecule has 2 aromatic rings. The molecule has 2 aromatic carbocycles. The summed E-state index contributed by atoms with van der Waals surface area (Å²) in [4.78, 5) is 27.8. The highest BCUT2D eigenvalue weighted by Crippen LogP contribution is 2.61. The second-order valence-electron chi connectivity index (χ2n) is 7.91. The van der Waals surface area contributed by atoms with Gasteiger partial charge in [-0.2, -0.15) is 0 Å². The molecule has 3 fully saturated rings. The zero-order valence-corrected chi connectivity index (χ0v) is 16.1. The van der Waals surface area contributed by atoms with E-state index in [0.717, 1.165) is 22.9 Å². The second kappa shape index (κ2) is 5.78. The lowest BCUT2D eigenvalue weighted by Gasteiger charge is -2.28. The van der Waals surface area contributed by atoms with Crippen LogP contribution in [0.1, 0.15) is 29.9 Å². The van der Waals surface area contributed by atoms with Crippen molar-refractivity contribution in [3.63, 3.8) is 0 Å². The maximum absolute atomic E-state index is 13.3. The minimum absolute atomic E-state index is 0.00912. The van der Waals surface area contributed by atoms with Crippen LogP contribution in [0, 0.1) is 30.6 Å². The topological polar surface area (TPSA) is 37.4 Å². The summed E-state index contributed by atoms with van der Waals surface area (Å²) < 4.78 is 0.991. The number of carbonyl (C=O) groups excluding carboxylic acids is 2. The summed E-state index contributed by atoms with van der Waals surface area (Å²) in [6.45, 7) is 1.98. The van der Waals surface area contributed by atoms with E-state index in [4.69, 9.17) is 0 Å². The van der Waals surface area contributed by atoms with Crippen LogP contribution in [0.4, 0.5) is 5.69 Å². The van der Waals surface area contributed by atoms with Gasteiger partial charge in [0, 0.05) is 4.47 Å². The maximum atomic E-state index is 13.3. The molecule has 2 aliphatic carbocycles. The molecule has 0 radical (unpaired) electrons. The van der Waals surface area contributed by atoms with Crippen LogP contribution in [0.2, 0.25) is 0 Å². The Kier molecular flexibility index (Phi) is 3.61. The number of imide groups is 1. The molecule has 1 heterocycles. The number of benzene rings is 2. The zero-order chi connectivity index (χ0) is 18.0. The lowest BCUT2D eigenvalue weighted by atomic mass is 9.73. The first-order chi connectivity index (χ1) is 12.6. The van der Waals surface area contributed by atoms with Gasteiger partial charge in [-0.05, 0) is 66.8 Å². The molecule has 2 amide bonds. The van der Waals surface area contributed by atoms with E-state index in [2.05, 4.69) is 40.2 Å². The Morgan fingerprint density at radius 2 is 1.69 bits per heavy atom. The second-order valence-corrected chi connectivity index (χ2v) is 8.76. The molecule has 132 valence electrons. The largest absolute Gasteiger partial charge is 0.274 e. The van der Waals surface area contributed by atoms with Gasteiger partial charge in [0.1, 0.15) is 0 Å². The Morgan fingerprint density at radius 1 is 0.962 bits per heavy atom. The quantitative estimate of drug-likeness (QED) is 0.674. The molecular formula is C22H20BrNO2. The van der Waals surface area contributed by atoms with E-state index in [9.17, 15) is 9.59 Å². The predicted molar refractivity (Wildman–Crippen MR) is 104 cm³/mol. The van der Waals surface area contributed by atoms with E-state index in [-0.39, 0.29) is 23.7 Å². The Balaban J connectivity index is 1.50. The van der Waals surface area contributed by atoms with Crippen molar-refractivity contribution in [2.75, 3.05) is 4.90 Å². The molecule has 2 saturated carbocycles. The molecule has 5 rings (SSSR count). The Hall–Kier alpha value is -1.94. The Morgan fingerprint density at radius 3 is 2.42 bits per heavy atom. The number of halogens is 1. The maximum Gasteiger partial charge on any atom is 0.237 e. The molecule has 0 unspecified atom stereocenters. The highest BCUT2D eigenvalue weighted by molar-refractivity contribution is 9.10. The Labute approximate surface area is 161 Å². The van der Waals surface area contributed by atoms with Gasteiger partial charge in [0.05, 0.1) is 17.5 Å². The molecule has 0 N–H and O–H groups in total. The van der Waals surface area contributed by atoms with Crippen molar-refractivity contribution in [1.29, 1.82) is 0 Å². The van der Waals surface area contributed by atoms with E-state index in [0.29, 0.717) is 23.4 Å². The number of rotatable bonds is 2. The monoisotopic (exact) mass is 409 g/mol. The molecule has 4 heteroatoms. The van der Waals surface area contributed by atoms with Gasteiger partial charge in [-0.15, -0.1) is 0 Å². The van der Waals surface area contributed by atoms with Crippen LogP contribution in [0.3, 0.4) is 0 Å². The fraction of sp³-hybridized carbons (Fsp3) is 0.364. The fourth-order valence-electron chi connectivity index (χ4n) is 5.57. The van der Waals surface area contributed by atoms with Crippen molar-refractivity contribution in [3.8, 4) is 0 Å². The summed E-state index contributed by atoms with van der Waals surface area (Å²) in [5.74, 6) is 0.812. The van der Waals surface area contributed by atoms with Crippen LogP contribution in [-0.2, 0) is 9.59 Å². The molecule has 0 aromatic heterocycles. The minimum atomic E-state index is -0.143. The third-order valence-corrected chi connectivity index (χ3v) is 7.53. The highest BCUT2D eigenvalue weighted by Gasteiger charge is 2.64. The molecule has 3 nitrogen and oxygen atoms in total. The number of anilines is 1. The first-order valence-corrected chi connectivity index (χ1v) is 10.0. The van der Waals surface area contributed by atoms with Crippen molar-refractivity contribution in [1.82, 2.24) is 0 Å². The Bertz CT molecular complexity index is 910. The summed E-state index contributed by atoms with van der Waals surface area (Å²) in [6, 6.07) is 16.2. The first kappa shape index (κ1) is 16.2. The molecule has 26 heavy (non-hydrogen) atoms. The summed E-state index contributed by atoms with van der Waals surface area (Å²) in [6.07, 6.45) is 2.04. The molecule has 1 saturated heterocycles. The third-order valence-electron chi connectivity index (χ3n) is 6.64. The average Bonchev–Trinajstić information content (AvgIpc) is 3.30. The van der Waals surface area contributed by atoms with Crippen LogP contribution in [0.25, 0.3) is 0 Å². The van der Waals surface area contributed by atoms with Gasteiger partial charge < -0.3 is 0 Å². The number of hydrogen-bond donors (Lipinski definition) is 0. The van der Waals surface area contributed by atoms with E-state index >= 15 is 0 Å². The highest BCUT2D eigenvalue weighted by atomic mass is 79.9. The van der Waals surface area contributed by atoms with Crippen molar-refractivity contribution in [2.24, 2.45) is 23.7 Å². The number of amides is 2. The third kappa shape index (κ3) is 2.18. The van der Waals surface area contributed by atoms with Gasteiger partial charge in [-0.3, -0.25) is 14.5 Å². The van der Waals surface area contributed by atoms with Gasteiger partial charge in [0.2, 0.25) is 11.8 Å². The van der Waals surface area contributed by atoms with Crippen LogP contribution >= 0.6 is 15.9 Å². The van der Waals surface area contributed by atoms with Crippen molar-refractivity contribution >= 4 is 33.4 Å². The summed E-state index contributed by atoms with van der Waals surface area (Å²) in [5, 5.41) is 0. The van der Waals surface area contributed by atoms with E-state index in [1.54, 1.807) is 0 Å². The number of aryl methyl sites for hydroxylation is 1. The SMILES string of the molecule is Cc1cc(N2C(=O)[C@@H]3[C@H]4C[C@@H]([C@@H]3C2=O)[C@H](c2ccccc2)C4)ccc1Br. The first-order valence-electron chi connectivity index (χ1n) is 9.25.